The first kappa shape index (κ1) is 16.7. The summed E-state index contributed by atoms with van der Waals surface area (Å²) in [6, 6.07) is 6.39. The van der Waals surface area contributed by atoms with Crippen molar-refractivity contribution in [3.8, 4) is 5.75 Å². The lowest BCUT2D eigenvalue weighted by Gasteiger charge is -2.32. The Morgan fingerprint density at radius 1 is 0.917 bits per heavy atom. The Labute approximate surface area is 160 Å². The monoisotopic (exact) mass is 448 g/mol. The maximum Gasteiger partial charge on any atom is 0.120 e. The molecule has 4 rings (SSSR count). The molecule has 3 heteroatoms. The van der Waals surface area contributed by atoms with Gasteiger partial charge in [-0.1, -0.05) is 31.9 Å². The number of halogens is 2. The van der Waals surface area contributed by atoms with Crippen molar-refractivity contribution in [3.05, 3.63) is 60.5 Å². The minimum Gasteiger partial charge on any atom is -0.508 e. The first-order chi connectivity index (χ1) is 11.6. The molecule has 1 nitrogen and oxygen atoms in total. The molecule has 1 atom stereocenters. The molecular formula is C21H22Br2O. The molecule has 2 aliphatic rings. The molecule has 0 heterocycles. The third kappa shape index (κ3) is 2.74. The van der Waals surface area contributed by atoms with Crippen LogP contribution >= 0.6 is 31.9 Å². The molecule has 2 aliphatic carbocycles. The zero-order valence-electron chi connectivity index (χ0n) is 14.0. The van der Waals surface area contributed by atoms with Crippen LogP contribution in [0.5, 0.6) is 5.75 Å². The molecule has 0 fully saturated rings. The number of aromatic hydroxyl groups is 1. The predicted octanol–water partition coefficient (Wildman–Crippen LogP) is 6.57. The number of benzene rings is 2. The molecule has 0 aromatic heterocycles. The lowest BCUT2D eigenvalue weighted by atomic mass is 9.73. The minimum absolute atomic E-state index is 0.325. The zero-order chi connectivity index (χ0) is 16.8. The number of phenolic OH excluding ortho intramolecular Hbond substituents is 1. The molecule has 0 bridgehead atoms. The molecule has 0 radical (unpaired) electrons. The third-order valence-electron chi connectivity index (χ3n) is 5.74. The summed E-state index contributed by atoms with van der Waals surface area (Å²) in [6.07, 6.45) is 8.33. The van der Waals surface area contributed by atoms with Crippen LogP contribution in [-0.4, -0.2) is 5.11 Å². The topological polar surface area (TPSA) is 20.2 Å². The Balaban J connectivity index is 1.95. The van der Waals surface area contributed by atoms with Gasteiger partial charge in [-0.05, 0) is 97.9 Å². The Hall–Kier alpha value is -0.800. The van der Waals surface area contributed by atoms with E-state index in [1.165, 1.54) is 64.4 Å². The summed E-state index contributed by atoms with van der Waals surface area (Å²) in [5.41, 5.74) is 8.38. The maximum atomic E-state index is 10.7. The van der Waals surface area contributed by atoms with Crippen LogP contribution in [-0.2, 0) is 19.3 Å². The average molecular weight is 450 g/mol. The molecule has 0 amide bonds. The molecule has 1 N–H and O–H groups in total. The zero-order valence-corrected chi connectivity index (χ0v) is 17.1. The molecular weight excluding hydrogens is 428 g/mol. The molecule has 0 aliphatic heterocycles. The summed E-state index contributed by atoms with van der Waals surface area (Å²) < 4.78 is 2.20. The number of rotatable bonds is 1. The van der Waals surface area contributed by atoms with E-state index in [2.05, 4.69) is 50.9 Å². The summed E-state index contributed by atoms with van der Waals surface area (Å²) in [5.74, 6) is 0.777. The van der Waals surface area contributed by atoms with Crippen molar-refractivity contribution in [1.29, 1.82) is 0 Å². The van der Waals surface area contributed by atoms with Gasteiger partial charge in [-0.25, -0.2) is 0 Å². The van der Waals surface area contributed by atoms with E-state index < -0.39 is 0 Å². The van der Waals surface area contributed by atoms with Gasteiger partial charge in [0.2, 0.25) is 0 Å². The Morgan fingerprint density at radius 3 is 2.50 bits per heavy atom. The second-order valence-corrected chi connectivity index (χ2v) is 8.95. The second-order valence-electron chi connectivity index (χ2n) is 7.18. The highest BCUT2D eigenvalue weighted by atomic mass is 79.9. The highest BCUT2D eigenvalue weighted by Gasteiger charge is 2.30. The van der Waals surface area contributed by atoms with Crippen LogP contribution in [0.2, 0.25) is 0 Å². The summed E-state index contributed by atoms with van der Waals surface area (Å²) in [7, 11) is 0. The highest BCUT2D eigenvalue weighted by Crippen LogP contribution is 2.47. The summed E-state index contributed by atoms with van der Waals surface area (Å²) in [4.78, 5) is 0. The maximum absolute atomic E-state index is 10.7. The van der Waals surface area contributed by atoms with E-state index in [-0.39, 0.29) is 0 Å². The van der Waals surface area contributed by atoms with E-state index in [0.717, 1.165) is 17.3 Å². The fraction of sp³-hybridized carbons (Fsp3) is 0.429. The van der Waals surface area contributed by atoms with Gasteiger partial charge in [0.05, 0.1) is 0 Å². The van der Waals surface area contributed by atoms with Gasteiger partial charge >= 0.3 is 0 Å². The third-order valence-corrected chi connectivity index (χ3v) is 7.02. The van der Waals surface area contributed by atoms with Crippen LogP contribution in [0, 0.1) is 6.92 Å². The normalized spacial score (nSPS) is 19.7. The lowest BCUT2D eigenvalue weighted by Crippen LogP contribution is -2.17. The molecule has 0 saturated carbocycles. The number of hydrogen-bond acceptors (Lipinski definition) is 1. The van der Waals surface area contributed by atoms with Crippen LogP contribution in [0.4, 0.5) is 0 Å². The van der Waals surface area contributed by atoms with Crippen molar-refractivity contribution in [1.82, 2.24) is 0 Å². The Kier molecular flexibility index (Phi) is 4.51. The number of phenols is 1. The Morgan fingerprint density at radius 2 is 1.67 bits per heavy atom. The molecule has 24 heavy (non-hydrogen) atoms. The SMILES string of the molecule is Cc1c(Br)cc2c(c1[C@@H]1CCCc3cc(Br)cc(O)c31)CCCC2. The fourth-order valence-electron chi connectivity index (χ4n) is 4.68. The van der Waals surface area contributed by atoms with Gasteiger partial charge in [-0.3, -0.25) is 0 Å². The van der Waals surface area contributed by atoms with Crippen LogP contribution in [0.15, 0.2) is 27.1 Å². The van der Waals surface area contributed by atoms with Crippen LogP contribution in [0.25, 0.3) is 0 Å². The van der Waals surface area contributed by atoms with E-state index in [9.17, 15) is 5.11 Å². The van der Waals surface area contributed by atoms with Crippen molar-refractivity contribution in [2.75, 3.05) is 0 Å². The van der Waals surface area contributed by atoms with E-state index in [4.69, 9.17) is 0 Å². The quantitative estimate of drug-likeness (QED) is 0.521. The van der Waals surface area contributed by atoms with Gasteiger partial charge in [0.25, 0.3) is 0 Å². The highest BCUT2D eigenvalue weighted by molar-refractivity contribution is 9.10. The summed E-state index contributed by atoms with van der Waals surface area (Å²) in [5, 5.41) is 10.7. The number of fused-ring (bicyclic) bond motifs is 2. The van der Waals surface area contributed by atoms with Gasteiger partial charge in [-0.2, -0.15) is 0 Å². The van der Waals surface area contributed by atoms with E-state index in [1.54, 1.807) is 5.56 Å². The number of aryl methyl sites for hydroxylation is 2. The van der Waals surface area contributed by atoms with Crippen molar-refractivity contribution in [3.63, 3.8) is 0 Å². The predicted molar refractivity (Wildman–Crippen MR) is 106 cm³/mol. The smallest absolute Gasteiger partial charge is 0.120 e. The van der Waals surface area contributed by atoms with Crippen LogP contribution in [0.1, 0.15) is 65.0 Å². The standard InChI is InChI=1S/C21H22Br2O/c1-12-18(23)10-13-5-2-3-7-16(13)20(12)17-8-4-6-14-9-15(22)11-19(24)21(14)17/h9-11,17,24H,2-8H2,1H3/t17-/m0/s1. The molecule has 0 spiro atoms. The summed E-state index contributed by atoms with van der Waals surface area (Å²) >= 11 is 7.33. The largest absolute Gasteiger partial charge is 0.508 e. The van der Waals surface area contributed by atoms with Gasteiger partial charge in [0.1, 0.15) is 5.75 Å². The van der Waals surface area contributed by atoms with Gasteiger partial charge in [-0.15, -0.1) is 0 Å². The van der Waals surface area contributed by atoms with E-state index in [1.807, 2.05) is 6.07 Å². The van der Waals surface area contributed by atoms with Crippen molar-refractivity contribution < 1.29 is 5.11 Å². The first-order valence-corrected chi connectivity index (χ1v) is 10.5. The minimum atomic E-state index is 0.325. The van der Waals surface area contributed by atoms with Crippen molar-refractivity contribution in [2.45, 2.75) is 57.8 Å². The van der Waals surface area contributed by atoms with Crippen molar-refractivity contribution >= 4 is 31.9 Å². The molecule has 2 aromatic rings. The van der Waals surface area contributed by atoms with Crippen LogP contribution < -0.4 is 0 Å². The molecule has 2 aromatic carbocycles. The van der Waals surface area contributed by atoms with Crippen LogP contribution in [0.3, 0.4) is 0 Å². The Bertz CT molecular complexity index is 810. The van der Waals surface area contributed by atoms with Gasteiger partial charge in [0, 0.05) is 20.4 Å². The van der Waals surface area contributed by atoms with Crippen molar-refractivity contribution in [2.24, 2.45) is 0 Å². The molecule has 0 unspecified atom stereocenters. The van der Waals surface area contributed by atoms with E-state index >= 15 is 0 Å². The molecule has 126 valence electrons. The van der Waals surface area contributed by atoms with Gasteiger partial charge in [0.15, 0.2) is 0 Å². The lowest BCUT2D eigenvalue weighted by molar-refractivity contribution is 0.453. The second kappa shape index (κ2) is 6.49. The number of hydrogen-bond donors (Lipinski definition) is 1. The summed E-state index contributed by atoms with van der Waals surface area (Å²) in [6.45, 7) is 2.23. The molecule has 0 saturated heterocycles. The average Bonchev–Trinajstić information content (AvgIpc) is 2.55. The fourth-order valence-corrected chi connectivity index (χ4v) is 5.66. The van der Waals surface area contributed by atoms with Gasteiger partial charge < -0.3 is 5.11 Å². The first-order valence-electron chi connectivity index (χ1n) is 8.88. The van der Waals surface area contributed by atoms with E-state index in [0.29, 0.717) is 11.7 Å².